The predicted octanol–water partition coefficient (Wildman–Crippen LogP) is 3.29. The zero-order valence-corrected chi connectivity index (χ0v) is 10.9. The molecular weight excluding hydrogens is 208 g/mol. The summed E-state index contributed by atoms with van der Waals surface area (Å²) in [5.74, 6) is 0.318. The first-order chi connectivity index (χ1) is 7.15. The van der Waals surface area contributed by atoms with Gasteiger partial charge in [-0.25, -0.2) is 4.98 Å². The van der Waals surface area contributed by atoms with Gasteiger partial charge in [-0.2, -0.15) is 0 Å². The summed E-state index contributed by atoms with van der Waals surface area (Å²) in [6.07, 6.45) is 0. The van der Waals surface area contributed by atoms with Gasteiger partial charge in [-0.15, -0.1) is 11.3 Å². The van der Waals surface area contributed by atoms with Crippen molar-refractivity contribution in [3.05, 3.63) is 16.1 Å². The Morgan fingerprint density at radius 2 is 2.20 bits per heavy atom. The number of rotatable bonds is 3. The van der Waals surface area contributed by atoms with E-state index in [0.29, 0.717) is 18.2 Å². The van der Waals surface area contributed by atoms with Crippen molar-refractivity contribution in [2.24, 2.45) is 0 Å². The number of nitrogens with zero attached hydrogens (tertiary/aromatic N) is 1. The highest BCUT2D eigenvalue weighted by Gasteiger charge is 2.10. The zero-order valence-electron chi connectivity index (χ0n) is 10.1. The summed E-state index contributed by atoms with van der Waals surface area (Å²) in [7, 11) is 0. The summed E-state index contributed by atoms with van der Waals surface area (Å²) in [6.45, 7) is 10.7. The lowest BCUT2D eigenvalue weighted by Gasteiger charge is -1.98. The summed E-state index contributed by atoms with van der Waals surface area (Å²) in [4.78, 5) is 15.5. The van der Waals surface area contributed by atoms with Crippen molar-refractivity contribution in [3.8, 4) is 0 Å². The molecule has 4 heteroatoms. The smallest absolute Gasteiger partial charge is 0.270 e. The summed E-state index contributed by atoms with van der Waals surface area (Å²) in [5.41, 5.74) is 0.538. The largest absolute Gasteiger partial charge is 0.351 e. The van der Waals surface area contributed by atoms with Crippen LogP contribution in [0.15, 0.2) is 5.38 Å². The Morgan fingerprint density at radius 1 is 1.60 bits per heavy atom. The summed E-state index contributed by atoms with van der Waals surface area (Å²) in [6, 6.07) is 0. The Balaban J connectivity index is 0. The lowest BCUT2D eigenvalue weighted by atomic mass is 10.2. The molecule has 1 heterocycles. The highest BCUT2D eigenvalue weighted by Crippen LogP contribution is 2.18. The first kappa shape index (κ1) is 14.1. The normalized spacial score (nSPS) is 9.47. The van der Waals surface area contributed by atoms with Crippen LogP contribution in [0.5, 0.6) is 0 Å². The van der Waals surface area contributed by atoms with Crippen molar-refractivity contribution in [2.45, 2.75) is 40.5 Å². The second-order valence-corrected chi connectivity index (χ2v) is 3.97. The number of hydrogen-bond acceptors (Lipinski definition) is 3. The van der Waals surface area contributed by atoms with Crippen molar-refractivity contribution in [2.75, 3.05) is 6.54 Å². The van der Waals surface area contributed by atoms with E-state index in [1.165, 1.54) is 11.3 Å². The lowest BCUT2D eigenvalue weighted by molar-refractivity contribution is 0.0951. The van der Waals surface area contributed by atoms with Crippen molar-refractivity contribution < 1.29 is 6.22 Å². The van der Waals surface area contributed by atoms with Gasteiger partial charge in [0.15, 0.2) is 0 Å². The molecule has 0 aromatic carbocycles. The van der Waals surface area contributed by atoms with Gasteiger partial charge in [0.05, 0.1) is 5.01 Å². The second-order valence-electron chi connectivity index (χ2n) is 3.09. The van der Waals surface area contributed by atoms with E-state index < -0.39 is 0 Å². The molecule has 0 unspecified atom stereocenters. The molecule has 1 N–H and O–H groups in total. The molecule has 0 aliphatic carbocycles. The van der Waals surface area contributed by atoms with Crippen LogP contribution in [0, 0.1) is 0 Å². The molecule has 0 spiro atoms. The number of nitrogens with one attached hydrogen (secondary N) is 1. The van der Waals surface area contributed by atoms with E-state index in [1.807, 2.05) is 20.8 Å². The van der Waals surface area contributed by atoms with Crippen LogP contribution in [0.3, 0.4) is 0 Å². The molecule has 0 aliphatic heterocycles. The molecule has 0 radical (unpaired) electrons. The predicted molar refractivity (Wildman–Crippen MR) is 67.7 cm³/mol. The summed E-state index contributed by atoms with van der Waals surface area (Å²) < 4.78 is 0. The summed E-state index contributed by atoms with van der Waals surface area (Å²) >= 11 is 1.54. The fourth-order valence-electron chi connectivity index (χ4n) is 0.908. The molecule has 1 aromatic rings. The van der Waals surface area contributed by atoms with Gasteiger partial charge in [0.25, 0.3) is 5.91 Å². The number of carbonyl (C=O) groups excluding carboxylic acids is 1. The van der Waals surface area contributed by atoms with E-state index in [4.69, 9.17) is 0 Å². The minimum Gasteiger partial charge on any atom is -0.351 e. The topological polar surface area (TPSA) is 42.0 Å². The molecule has 15 heavy (non-hydrogen) atoms. The van der Waals surface area contributed by atoms with Crippen LogP contribution in [0.25, 0.3) is 0 Å². The number of aromatic nitrogens is 1. The van der Waals surface area contributed by atoms with E-state index in [2.05, 4.69) is 24.1 Å². The van der Waals surface area contributed by atoms with Crippen LogP contribution < -0.4 is 5.32 Å². The van der Waals surface area contributed by atoms with Gasteiger partial charge >= 0.3 is 0 Å². The molecule has 0 fully saturated rings. The molecule has 0 saturated heterocycles. The first-order valence-corrected chi connectivity index (χ1v) is 6.26. The van der Waals surface area contributed by atoms with Gasteiger partial charge in [-0.1, -0.05) is 27.7 Å². The molecule has 0 atom stereocenters. The van der Waals surface area contributed by atoms with E-state index in [1.54, 1.807) is 5.38 Å². The third-order valence-corrected chi connectivity index (χ3v) is 2.73. The quantitative estimate of drug-likeness (QED) is 0.865. The van der Waals surface area contributed by atoms with E-state index >= 15 is 0 Å². The minimum absolute atomic E-state index is 0. The fraction of sp³-hybridized carbons (Fsp3) is 0.636. The van der Waals surface area contributed by atoms with Crippen LogP contribution in [0.2, 0.25) is 0 Å². The molecule has 1 aromatic heterocycles. The van der Waals surface area contributed by atoms with Gasteiger partial charge in [0.2, 0.25) is 0 Å². The maximum atomic E-state index is 11.3. The average molecular weight is 230 g/mol. The third kappa shape index (κ3) is 4.42. The number of thiazole rings is 1. The standard InChI is InChI=1S/C9H14N2OS.C2H6.H2/c1-4-10-8(12)7-5-13-9(11-7)6(2)3;1-2;/h5-6H,4H2,1-3H3,(H,10,12);1-2H3;1H. The Labute approximate surface area is 97.4 Å². The monoisotopic (exact) mass is 230 g/mol. The molecule has 3 nitrogen and oxygen atoms in total. The van der Waals surface area contributed by atoms with Crippen LogP contribution >= 0.6 is 11.3 Å². The maximum Gasteiger partial charge on any atom is 0.270 e. The Hall–Kier alpha value is -0.900. The van der Waals surface area contributed by atoms with Crippen LogP contribution in [0.1, 0.15) is 57.5 Å². The van der Waals surface area contributed by atoms with Gasteiger partial charge in [0, 0.05) is 19.3 Å². The summed E-state index contributed by atoms with van der Waals surface area (Å²) in [5, 5.41) is 5.54. The molecular formula is C11H22N2OS. The Bertz CT molecular complexity index is 300. The third-order valence-electron chi connectivity index (χ3n) is 1.59. The van der Waals surface area contributed by atoms with Gasteiger partial charge < -0.3 is 5.32 Å². The minimum atomic E-state index is -0.0781. The second kappa shape index (κ2) is 7.40. The Morgan fingerprint density at radius 3 is 2.60 bits per heavy atom. The molecule has 0 aliphatic rings. The molecule has 1 amide bonds. The SMILES string of the molecule is CC.CCNC(=O)c1csc(C(C)C)n1.[HH]. The van der Waals surface area contributed by atoms with Crippen molar-refractivity contribution in [1.82, 2.24) is 10.3 Å². The molecule has 88 valence electrons. The number of amides is 1. The average Bonchev–Trinajstić information content (AvgIpc) is 2.70. The maximum absolute atomic E-state index is 11.3. The Kier molecular flexibility index (Phi) is 6.96. The molecule has 0 bridgehead atoms. The van der Waals surface area contributed by atoms with Crippen molar-refractivity contribution in [3.63, 3.8) is 0 Å². The van der Waals surface area contributed by atoms with Gasteiger partial charge in [-0.3, -0.25) is 4.79 Å². The number of carbonyl (C=O) groups is 1. The highest BCUT2D eigenvalue weighted by atomic mass is 32.1. The van der Waals surface area contributed by atoms with Crippen molar-refractivity contribution >= 4 is 17.2 Å². The van der Waals surface area contributed by atoms with Crippen molar-refractivity contribution in [1.29, 1.82) is 0 Å². The van der Waals surface area contributed by atoms with Crippen LogP contribution in [-0.2, 0) is 0 Å². The molecule has 0 saturated carbocycles. The lowest BCUT2D eigenvalue weighted by Crippen LogP contribution is -2.22. The fourth-order valence-corrected chi connectivity index (χ4v) is 1.72. The first-order valence-electron chi connectivity index (χ1n) is 5.38. The number of hydrogen-bond donors (Lipinski definition) is 1. The van der Waals surface area contributed by atoms with E-state index in [0.717, 1.165) is 5.01 Å². The van der Waals surface area contributed by atoms with Crippen LogP contribution in [-0.4, -0.2) is 17.4 Å². The zero-order chi connectivity index (χ0) is 11.8. The highest BCUT2D eigenvalue weighted by molar-refractivity contribution is 7.09. The van der Waals surface area contributed by atoms with Gasteiger partial charge in [0.1, 0.15) is 5.69 Å². The van der Waals surface area contributed by atoms with E-state index in [-0.39, 0.29) is 7.33 Å². The molecule has 1 rings (SSSR count). The van der Waals surface area contributed by atoms with E-state index in [9.17, 15) is 4.79 Å². The van der Waals surface area contributed by atoms with Gasteiger partial charge in [-0.05, 0) is 6.92 Å². The van der Waals surface area contributed by atoms with Crippen LogP contribution in [0.4, 0.5) is 0 Å².